The van der Waals surface area contributed by atoms with Crippen molar-refractivity contribution in [2.24, 2.45) is 0 Å². The molecule has 0 aromatic heterocycles. The highest BCUT2D eigenvalue weighted by atomic mass is 79.9. The zero-order valence-corrected chi connectivity index (χ0v) is 23.5. The first-order valence-electron chi connectivity index (χ1n) is 11.4. The van der Waals surface area contributed by atoms with Crippen LogP contribution in [0.2, 0.25) is 15.1 Å². The number of hydrogen-bond acceptors (Lipinski definition) is 3. The third-order valence-corrected chi connectivity index (χ3v) is 6.86. The molecule has 2 amide bonds. The summed E-state index contributed by atoms with van der Waals surface area (Å²) in [6.07, 6.45) is 1.10. The van der Waals surface area contributed by atoms with Gasteiger partial charge in [0.05, 0.1) is 4.47 Å². The van der Waals surface area contributed by atoms with E-state index < -0.39 is 6.04 Å². The van der Waals surface area contributed by atoms with Gasteiger partial charge in [0, 0.05) is 34.6 Å². The van der Waals surface area contributed by atoms with Crippen LogP contribution < -0.4 is 10.1 Å². The average molecular weight is 613 g/mol. The van der Waals surface area contributed by atoms with Crippen LogP contribution in [0.1, 0.15) is 24.5 Å². The summed E-state index contributed by atoms with van der Waals surface area (Å²) in [5.74, 6) is -0.144. The molecule has 0 unspecified atom stereocenters. The summed E-state index contributed by atoms with van der Waals surface area (Å²) in [5.41, 5.74) is 1.60. The minimum Gasteiger partial charge on any atom is -0.483 e. The number of halogens is 4. The molecule has 0 aliphatic carbocycles. The molecule has 190 valence electrons. The maximum atomic E-state index is 13.6. The number of ether oxygens (including phenoxy) is 1. The molecule has 3 aromatic carbocycles. The first-order chi connectivity index (χ1) is 17.3. The Labute approximate surface area is 234 Å². The molecule has 1 N–H and O–H groups in total. The molecule has 0 heterocycles. The van der Waals surface area contributed by atoms with Crippen LogP contribution in [0.5, 0.6) is 5.75 Å². The molecule has 3 aromatic rings. The lowest BCUT2D eigenvalue weighted by atomic mass is 10.0. The zero-order valence-electron chi connectivity index (χ0n) is 19.6. The molecule has 9 heteroatoms. The lowest BCUT2D eigenvalue weighted by molar-refractivity contribution is -0.142. The van der Waals surface area contributed by atoms with E-state index in [1.165, 1.54) is 4.90 Å². The van der Waals surface area contributed by atoms with Crippen molar-refractivity contribution in [3.63, 3.8) is 0 Å². The van der Waals surface area contributed by atoms with Crippen LogP contribution in [0.15, 0.2) is 71.2 Å². The number of nitrogens with one attached hydrogen (secondary N) is 1. The molecule has 1 atom stereocenters. The van der Waals surface area contributed by atoms with E-state index in [2.05, 4.69) is 21.2 Å². The van der Waals surface area contributed by atoms with E-state index in [1.807, 2.05) is 37.3 Å². The van der Waals surface area contributed by atoms with Gasteiger partial charge < -0.3 is 15.0 Å². The predicted octanol–water partition coefficient (Wildman–Crippen LogP) is 6.95. The molecule has 0 spiro atoms. The number of hydrogen-bond donors (Lipinski definition) is 1. The van der Waals surface area contributed by atoms with Gasteiger partial charge in [-0.2, -0.15) is 0 Å². The summed E-state index contributed by atoms with van der Waals surface area (Å²) < 4.78 is 6.42. The van der Waals surface area contributed by atoms with Crippen molar-refractivity contribution in [2.45, 2.75) is 32.4 Å². The smallest absolute Gasteiger partial charge is 0.261 e. The number of rotatable bonds is 11. The fourth-order valence-electron chi connectivity index (χ4n) is 3.57. The maximum Gasteiger partial charge on any atom is 0.261 e. The van der Waals surface area contributed by atoms with Gasteiger partial charge in [-0.1, -0.05) is 78.1 Å². The Kier molecular flexibility index (Phi) is 10.9. The molecule has 0 saturated heterocycles. The van der Waals surface area contributed by atoms with E-state index in [9.17, 15) is 9.59 Å². The summed E-state index contributed by atoms with van der Waals surface area (Å²) in [6.45, 7) is 2.30. The van der Waals surface area contributed by atoms with Crippen LogP contribution in [0.3, 0.4) is 0 Å². The van der Waals surface area contributed by atoms with Gasteiger partial charge in [0.25, 0.3) is 5.91 Å². The lowest BCUT2D eigenvalue weighted by Gasteiger charge is -2.31. The topological polar surface area (TPSA) is 58.6 Å². The molecular formula is C27H26BrCl3N2O3. The van der Waals surface area contributed by atoms with E-state index >= 15 is 0 Å². The van der Waals surface area contributed by atoms with Crippen molar-refractivity contribution >= 4 is 62.5 Å². The Morgan fingerprint density at radius 2 is 1.69 bits per heavy atom. The Balaban J connectivity index is 1.93. The minimum absolute atomic E-state index is 0.108. The normalized spacial score (nSPS) is 11.6. The fourth-order valence-corrected chi connectivity index (χ4v) is 4.83. The molecule has 0 aliphatic rings. The third kappa shape index (κ3) is 8.13. The number of carbonyl (C=O) groups excluding carboxylic acids is 2. The number of nitrogens with zero attached hydrogens (tertiary/aromatic N) is 1. The van der Waals surface area contributed by atoms with Gasteiger partial charge >= 0.3 is 0 Å². The van der Waals surface area contributed by atoms with Crippen molar-refractivity contribution in [1.82, 2.24) is 10.2 Å². The second-order valence-electron chi connectivity index (χ2n) is 8.12. The van der Waals surface area contributed by atoms with Gasteiger partial charge in [-0.3, -0.25) is 9.59 Å². The molecule has 0 fully saturated rings. The van der Waals surface area contributed by atoms with Crippen molar-refractivity contribution in [3.05, 3.63) is 97.4 Å². The highest BCUT2D eigenvalue weighted by Gasteiger charge is 2.31. The van der Waals surface area contributed by atoms with E-state index in [-0.39, 0.29) is 25.0 Å². The van der Waals surface area contributed by atoms with Crippen molar-refractivity contribution in [2.75, 3.05) is 13.2 Å². The molecule has 3 rings (SSSR count). The highest BCUT2D eigenvalue weighted by Crippen LogP contribution is 2.28. The molecule has 0 radical (unpaired) electrons. The zero-order chi connectivity index (χ0) is 26.1. The van der Waals surface area contributed by atoms with Crippen LogP contribution in [-0.4, -0.2) is 35.9 Å². The number of amides is 2. The van der Waals surface area contributed by atoms with Gasteiger partial charge in [-0.25, -0.2) is 0 Å². The van der Waals surface area contributed by atoms with Crippen LogP contribution in [0.25, 0.3) is 0 Å². The second-order valence-corrected chi connectivity index (χ2v) is 10.3. The summed E-state index contributed by atoms with van der Waals surface area (Å²) in [4.78, 5) is 28.4. The van der Waals surface area contributed by atoms with E-state index in [0.717, 1.165) is 12.0 Å². The number of benzene rings is 3. The lowest BCUT2D eigenvalue weighted by Crippen LogP contribution is -2.51. The second kappa shape index (κ2) is 13.9. The monoisotopic (exact) mass is 610 g/mol. The first-order valence-corrected chi connectivity index (χ1v) is 13.3. The molecule has 0 saturated carbocycles. The predicted molar refractivity (Wildman–Crippen MR) is 149 cm³/mol. The Hall–Kier alpha value is -2.25. The quantitative estimate of drug-likeness (QED) is 0.255. The molecular weight excluding hydrogens is 587 g/mol. The van der Waals surface area contributed by atoms with E-state index in [4.69, 9.17) is 39.5 Å². The van der Waals surface area contributed by atoms with Gasteiger partial charge in [-0.15, -0.1) is 0 Å². The van der Waals surface area contributed by atoms with E-state index in [1.54, 1.807) is 36.4 Å². The summed E-state index contributed by atoms with van der Waals surface area (Å²) in [5, 5.41) is 4.37. The summed E-state index contributed by atoms with van der Waals surface area (Å²) in [6, 6.07) is 18.9. The molecule has 36 heavy (non-hydrogen) atoms. The average Bonchev–Trinajstić information content (AvgIpc) is 2.85. The van der Waals surface area contributed by atoms with Gasteiger partial charge in [0.2, 0.25) is 5.91 Å². The molecule has 0 bridgehead atoms. The van der Waals surface area contributed by atoms with Gasteiger partial charge in [0.1, 0.15) is 11.8 Å². The van der Waals surface area contributed by atoms with Crippen molar-refractivity contribution in [1.29, 1.82) is 0 Å². The van der Waals surface area contributed by atoms with Crippen LogP contribution in [-0.2, 0) is 22.6 Å². The Morgan fingerprint density at radius 3 is 2.36 bits per heavy atom. The fraction of sp³-hybridized carbons (Fsp3) is 0.259. The third-order valence-electron chi connectivity index (χ3n) is 5.42. The molecule has 5 nitrogen and oxygen atoms in total. The first kappa shape index (κ1) is 28.3. The Morgan fingerprint density at radius 1 is 1.00 bits per heavy atom. The van der Waals surface area contributed by atoms with E-state index in [0.29, 0.717) is 43.8 Å². The standard InChI is InChI=1S/C27H26BrCl3N2O3/c1-2-12-32-27(35)24(13-18-6-4-3-5-7-18)33(16-19-8-9-21(30)15-23(19)31)26(34)17-36-25-11-10-20(29)14-22(25)28/h3-11,14-15,24H,2,12-13,16-17H2,1H3,(H,32,35)/t24-/m0/s1. The van der Waals surface area contributed by atoms with Crippen LogP contribution in [0.4, 0.5) is 0 Å². The summed E-state index contributed by atoms with van der Waals surface area (Å²) >= 11 is 21.9. The van der Waals surface area contributed by atoms with Crippen LogP contribution in [0, 0.1) is 0 Å². The van der Waals surface area contributed by atoms with Gasteiger partial charge in [-0.05, 0) is 63.8 Å². The minimum atomic E-state index is -0.782. The SMILES string of the molecule is CCCNC(=O)[C@H](Cc1ccccc1)N(Cc1ccc(Cl)cc1Cl)C(=O)COc1ccc(Cl)cc1Br. The van der Waals surface area contributed by atoms with Crippen LogP contribution >= 0.6 is 50.7 Å². The number of carbonyl (C=O) groups is 2. The Bertz CT molecular complexity index is 1190. The highest BCUT2D eigenvalue weighted by molar-refractivity contribution is 9.10. The van der Waals surface area contributed by atoms with Crippen molar-refractivity contribution < 1.29 is 14.3 Å². The molecule has 0 aliphatic heterocycles. The van der Waals surface area contributed by atoms with Gasteiger partial charge in [0.15, 0.2) is 6.61 Å². The maximum absolute atomic E-state index is 13.6. The summed E-state index contributed by atoms with van der Waals surface area (Å²) in [7, 11) is 0. The van der Waals surface area contributed by atoms with Crippen molar-refractivity contribution in [3.8, 4) is 5.75 Å². The largest absolute Gasteiger partial charge is 0.483 e.